The van der Waals surface area contributed by atoms with Crippen molar-refractivity contribution in [2.45, 2.75) is 20.3 Å². The first kappa shape index (κ1) is 9.84. The molecule has 1 aromatic heterocycles. The molecule has 1 aromatic carbocycles. The minimum atomic E-state index is 0.916. The van der Waals surface area contributed by atoms with Crippen molar-refractivity contribution in [1.29, 1.82) is 0 Å². The lowest BCUT2D eigenvalue weighted by molar-refractivity contribution is 1.01. The van der Waals surface area contributed by atoms with Crippen molar-refractivity contribution in [2.24, 2.45) is 0 Å². The van der Waals surface area contributed by atoms with Crippen molar-refractivity contribution in [3.63, 3.8) is 0 Å². The van der Waals surface area contributed by atoms with Crippen molar-refractivity contribution in [2.75, 3.05) is 0 Å². The maximum atomic E-state index is 4.19. The molecule has 1 heterocycles. The summed E-state index contributed by atoms with van der Waals surface area (Å²) >= 11 is 0. The zero-order chi connectivity index (χ0) is 10.7. The van der Waals surface area contributed by atoms with Crippen LogP contribution in [0.1, 0.15) is 22.4 Å². The van der Waals surface area contributed by atoms with Crippen LogP contribution in [0, 0.1) is 13.8 Å². The second-order valence-electron chi connectivity index (χ2n) is 3.74. The fourth-order valence-corrected chi connectivity index (χ4v) is 1.61. The van der Waals surface area contributed by atoms with Crippen LogP contribution in [-0.2, 0) is 6.42 Å². The van der Waals surface area contributed by atoms with E-state index in [2.05, 4.69) is 41.2 Å². The second-order valence-corrected chi connectivity index (χ2v) is 3.74. The van der Waals surface area contributed by atoms with E-state index < -0.39 is 0 Å². The first-order valence-electron chi connectivity index (χ1n) is 5.07. The Kier molecular flexibility index (Phi) is 2.77. The van der Waals surface area contributed by atoms with Crippen LogP contribution >= 0.6 is 0 Å². The molecule has 0 aliphatic rings. The van der Waals surface area contributed by atoms with Crippen molar-refractivity contribution in [3.8, 4) is 0 Å². The Balaban J connectivity index is 2.30. The summed E-state index contributed by atoms with van der Waals surface area (Å²) in [5, 5.41) is 0. The summed E-state index contributed by atoms with van der Waals surface area (Å²) in [5.74, 6) is 0. The third-order valence-electron chi connectivity index (χ3n) is 2.66. The van der Waals surface area contributed by atoms with E-state index in [0.29, 0.717) is 0 Å². The van der Waals surface area contributed by atoms with Crippen LogP contribution in [0.3, 0.4) is 0 Å². The average molecular weight is 198 g/mol. The lowest BCUT2D eigenvalue weighted by atomic mass is 10.0. The highest BCUT2D eigenvalue weighted by molar-refractivity contribution is 5.31. The van der Waals surface area contributed by atoms with E-state index in [1.807, 2.05) is 13.1 Å². The van der Waals surface area contributed by atoms with Crippen molar-refractivity contribution in [1.82, 2.24) is 9.97 Å². The summed E-state index contributed by atoms with van der Waals surface area (Å²) in [4.78, 5) is 8.25. The van der Waals surface area contributed by atoms with E-state index in [-0.39, 0.29) is 0 Å². The van der Waals surface area contributed by atoms with Gasteiger partial charge in [-0.3, -0.25) is 0 Å². The third kappa shape index (κ3) is 2.21. The lowest BCUT2D eigenvalue weighted by Crippen LogP contribution is -1.97. The molecule has 2 nitrogen and oxygen atoms in total. The first-order valence-corrected chi connectivity index (χ1v) is 5.07. The van der Waals surface area contributed by atoms with Crippen molar-refractivity contribution in [3.05, 3.63) is 59.2 Å². The molecule has 2 heteroatoms. The zero-order valence-electron chi connectivity index (χ0n) is 9.07. The Labute approximate surface area is 90.0 Å². The van der Waals surface area contributed by atoms with Gasteiger partial charge >= 0.3 is 0 Å². The highest BCUT2D eigenvalue weighted by Gasteiger charge is 2.02. The van der Waals surface area contributed by atoms with Crippen LogP contribution in [0.15, 0.2) is 36.8 Å². The Hall–Kier alpha value is -1.70. The Morgan fingerprint density at radius 3 is 2.60 bits per heavy atom. The molecule has 0 atom stereocenters. The quantitative estimate of drug-likeness (QED) is 0.741. The monoisotopic (exact) mass is 198 g/mol. The van der Waals surface area contributed by atoms with Gasteiger partial charge in [0.25, 0.3) is 0 Å². The number of nitrogens with zero attached hydrogens (tertiary/aromatic N) is 2. The fraction of sp³-hybridized carbons (Fsp3) is 0.231. The van der Waals surface area contributed by atoms with Crippen LogP contribution in [0.5, 0.6) is 0 Å². The molecule has 0 amide bonds. The maximum absolute atomic E-state index is 4.19. The predicted molar refractivity (Wildman–Crippen MR) is 60.8 cm³/mol. The van der Waals surface area contributed by atoms with Crippen molar-refractivity contribution >= 4 is 0 Å². The minimum Gasteiger partial charge on any atom is -0.245 e. The summed E-state index contributed by atoms with van der Waals surface area (Å²) < 4.78 is 0. The highest BCUT2D eigenvalue weighted by atomic mass is 14.8. The largest absolute Gasteiger partial charge is 0.245 e. The number of hydrogen-bond donors (Lipinski definition) is 0. The third-order valence-corrected chi connectivity index (χ3v) is 2.66. The molecule has 0 aliphatic carbocycles. The minimum absolute atomic E-state index is 0.916. The standard InChI is InChI=1S/C13H14N2/c1-10-5-3-4-6-12(10)7-13-8-14-9-15-11(13)2/h3-6,8-9H,7H2,1-2H3. The number of rotatable bonds is 2. The molecule has 0 aliphatic heterocycles. The summed E-state index contributed by atoms with van der Waals surface area (Å²) in [6.45, 7) is 4.16. The van der Waals surface area contributed by atoms with E-state index in [9.17, 15) is 0 Å². The Morgan fingerprint density at radius 2 is 1.87 bits per heavy atom. The zero-order valence-corrected chi connectivity index (χ0v) is 9.07. The van der Waals surface area contributed by atoms with E-state index in [4.69, 9.17) is 0 Å². The van der Waals surface area contributed by atoms with Gasteiger partial charge in [-0.2, -0.15) is 0 Å². The van der Waals surface area contributed by atoms with E-state index >= 15 is 0 Å². The first-order chi connectivity index (χ1) is 7.27. The molecular formula is C13H14N2. The highest BCUT2D eigenvalue weighted by Crippen LogP contribution is 2.14. The van der Waals surface area contributed by atoms with E-state index in [1.165, 1.54) is 16.7 Å². The molecule has 0 N–H and O–H groups in total. The van der Waals surface area contributed by atoms with E-state index in [1.54, 1.807) is 6.33 Å². The number of aryl methyl sites for hydroxylation is 2. The molecule has 0 fully saturated rings. The molecular weight excluding hydrogens is 184 g/mol. The van der Waals surface area contributed by atoms with Gasteiger partial charge in [0.05, 0.1) is 0 Å². The molecule has 0 spiro atoms. The van der Waals surface area contributed by atoms with Crippen LogP contribution < -0.4 is 0 Å². The summed E-state index contributed by atoms with van der Waals surface area (Å²) in [6.07, 6.45) is 4.41. The van der Waals surface area contributed by atoms with Crippen LogP contribution in [0.2, 0.25) is 0 Å². The normalized spacial score (nSPS) is 10.3. The van der Waals surface area contributed by atoms with Crippen molar-refractivity contribution < 1.29 is 0 Å². The van der Waals surface area contributed by atoms with Gasteiger partial charge in [0.1, 0.15) is 6.33 Å². The molecule has 0 bridgehead atoms. The SMILES string of the molecule is Cc1ccccc1Cc1cncnc1C. The smallest absolute Gasteiger partial charge is 0.115 e. The fourth-order valence-electron chi connectivity index (χ4n) is 1.61. The molecule has 0 radical (unpaired) electrons. The number of benzene rings is 1. The van der Waals surface area contributed by atoms with E-state index in [0.717, 1.165) is 12.1 Å². The van der Waals surface area contributed by atoms with Gasteiger partial charge < -0.3 is 0 Å². The molecule has 2 aromatic rings. The van der Waals surface area contributed by atoms with Gasteiger partial charge in [-0.05, 0) is 30.5 Å². The van der Waals surface area contributed by atoms with Gasteiger partial charge in [0.2, 0.25) is 0 Å². The predicted octanol–water partition coefficient (Wildman–Crippen LogP) is 2.68. The lowest BCUT2D eigenvalue weighted by Gasteiger charge is -2.06. The number of hydrogen-bond acceptors (Lipinski definition) is 2. The number of aromatic nitrogens is 2. The van der Waals surface area contributed by atoms with Gasteiger partial charge in [-0.15, -0.1) is 0 Å². The summed E-state index contributed by atoms with van der Waals surface area (Å²) in [5.41, 5.74) is 4.93. The maximum Gasteiger partial charge on any atom is 0.115 e. The molecule has 15 heavy (non-hydrogen) atoms. The Morgan fingerprint density at radius 1 is 1.07 bits per heavy atom. The van der Waals surface area contributed by atoms with Gasteiger partial charge in [-0.25, -0.2) is 9.97 Å². The summed E-state index contributed by atoms with van der Waals surface area (Å²) in [6, 6.07) is 8.42. The Bertz CT molecular complexity index is 420. The second kappa shape index (κ2) is 4.22. The van der Waals surface area contributed by atoms with Gasteiger partial charge in [-0.1, -0.05) is 24.3 Å². The van der Waals surface area contributed by atoms with Crippen LogP contribution in [0.25, 0.3) is 0 Å². The molecule has 76 valence electrons. The van der Waals surface area contributed by atoms with Gasteiger partial charge in [0, 0.05) is 18.3 Å². The summed E-state index contributed by atoms with van der Waals surface area (Å²) in [7, 11) is 0. The average Bonchev–Trinajstić information content (AvgIpc) is 2.24. The van der Waals surface area contributed by atoms with Gasteiger partial charge in [0.15, 0.2) is 0 Å². The van der Waals surface area contributed by atoms with Crippen LogP contribution in [0.4, 0.5) is 0 Å². The molecule has 0 saturated heterocycles. The molecule has 2 rings (SSSR count). The molecule has 0 unspecified atom stereocenters. The van der Waals surface area contributed by atoms with Crippen LogP contribution in [-0.4, -0.2) is 9.97 Å². The molecule has 0 saturated carbocycles. The topological polar surface area (TPSA) is 25.8 Å².